The minimum Gasteiger partial charge on any atom is -0.394 e. The maximum Gasteiger partial charge on any atom is 0.469 e. The van der Waals surface area contributed by atoms with E-state index in [1.165, 1.54) is 0 Å². The first-order valence-electron chi connectivity index (χ1n) is 7.78. The van der Waals surface area contributed by atoms with Gasteiger partial charge in [0, 0.05) is 6.42 Å². The second-order valence-corrected chi connectivity index (χ2v) is 7.50. The Morgan fingerprint density at radius 1 is 1.04 bits per heavy atom. The Hall–Kier alpha value is -0.250. The molecule has 10 atom stereocenters. The molecule has 1 aliphatic carbocycles. The fraction of sp³-hybridized carbons (Fsp3) is 1.00. The molecule has 154 valence electrons. The van der Waals surface area contributed by atoms with E-state index in [0.29, 0.717) is 0 Å². The second-order valence-electron chi connectivity index (χ2n) is 6.30. The summed E-state index contributed by atoms with van der Waals surface area (Å²) in [5, 5.41) is 58.4. The summed E-state index contributed by atoms with van der Waals surface area (Å²) in [4.78, 5) is 18.0. The number of rotatable bonds is 5. The number of aliphatic hydroxyl groups excluding tert-OH is 6. The number of phosphoric ester groups is 1. The molecule has 1 saturated carbocycles. The van der Waals surface area contributed by atoms with Crippen LogP contribution in [0, 0.1) is 0 Å². The van der Waals surface area contributed by atoms with Crippen LogP contribution in [0.1, 0.15) is 6.42 Å². The Morgan fingerprint density at radius 3 is 2.19 bits per heavy atom. The zero-order valence-electron chi connectivity index (χ0n) is 13.4. The van der Waals surface area contributed by atoms with Crippen molar-refractivity contribution in [3.63, 3.8) is 0 Å². The van der Waals surface area contributed by atoms with Gasteiger partial charge in [-0.25, -0.2) is 4.57 Å². The normalized spacial score (nSPS) is 47.7. The van der Waals surface area contributed by atoms with Crippen LogP contribution >= 0.6 is 7.82 Å². The predicted octanol–water partition coefficient (Wildman–Crippen LogP) is -4.90. The van der Waals surface area contributed by atoms with Crippen LogP contribution in [0.4, 0.5) is 0 Å². The topological polar surface area (TPSA) is 233 Å². The van der Waals surface area contributed by atoms with Gasteiger partial charge in [0.25, 0.3) is 0 Å². The molecule has 0 aromatic carbocycles. The molecule has 1 aliphatic heterocycles. The van der Waals surface area contributed by atoms with Gasteiger partial charge in [-0.2, -0.15) is 0 Å². The van der Waals surface area contributed by atoms with E-state index in [-0.39, 0.29) is 0 Å². The highest BCUT2D eigenvalue weighted by Crippen LogP contribution is 2.42. The van der Waals surface area contributed by atoms with E-state index >= 15 is 0 Å². The van der Waals surface area contributed by atoms with Gasteiger partial charge < -0.3 is 55.6 Å². The molecule has 10 N–H and O–H groups in total. The van der Waals surface area contributed by atoms with Crippen LogP contribution in [-0.2, 0) is 18.6 Å². The minimum absolute atomic E-state index is 0.482. The standard InChI is InChI=1S/C12H24NO12P/c13-6-9(18)8(17)5(2-14)23-12(6)24-11-4(25-26(20,21)22)1-3(15)7(16)10(11)19/h3-12,14-19H,1-2,13H2,(H2,20,21,22)/t3-,4+,5+,6+,7+,8+,9+,10-,11-,12+/m0/s1. The maximum absolute atomic E-state index is 11.1. The van der Waals surface area contributed by atoms with E-state index in [9.17, 15) is 35.2 Å². The van der Waals surface area contributed by atoms with Crippen LogP contribution in [0.15, 0.2) is 0 Å². The Bertz CT molecular complexity index is 516. The van der Waals surface area contributed by atoms with E-state index in [4.69, 9.17) is 25.0 Å². The number of nitrogens with two attached hydrogens (primary N) is 1. The van der Waals surface area contributed by atoms with Gasteiger partial charge in [-0.1, -0.05) is 0 Å². The van der Waals surface area contributed by atoms with Crippen LogP contribution < -0.4 is 5.73 Å². The molecule has 2 rings (SSSR count). The van der Waals surface area contributed by atoms with E-state index in [1.54, 1.807) is 0 Å². The number of aliphatic hydroxyl groups is 6. The van der Waals surface area contributed by atoms with E-state index < -0.39 is 82.0 Å². The third-order valence-corrected chi connectivity index (χ3v) is 4.96. The van der Waals surface area contributed by atoms with Crippen molar-refractivity contribution in [1.82, 2.24) is 0 Å². The SMILES string of the molecule is N[C@H]1[C@@H](O[C@@H]2[C@@H](O)[C@H](O)[C@@H](O)C[C@H]2OP(=O)(O)O)O[C@H](CO)[C@@H](O)[C@@H]1O. The van der Waals surface area contributed by atoms with Gasteiger partial charge in [0.15, 0.2) is 6.29 Å². The molecule has 14 heteroatoms. The summed E-state index contributed by atoms with van der Waals surface area (Å²) in [6.07, 6.45) is -14.6. The lowest BCUT2D eigenvalue weighted by Gasteiger charge is -2.45. The molecular weight excluding hydrogens is 381 g/mol. The average molecular weight is 405 g/mol. The lowest BCUT2D eigenvalue weighted by atomic mass is 9.87. The number of phosphoric acid groups is 1. The lowest BCUT2D eigenvalue weighted by molar-refractivity contribution is -0.305. The van der Waals surface area contributed by atoms with Crippen LogP contribution in [0.2, 0.25) is 0 Å². The molecule has 0 spiro atoms. The minimum atomic E-state index is -5.04. The van der Waals surface area contributed by atoms with Gasteiger partial charge in [-0.05, 0) is 0 Å². The van der Waals surface area contributed by atoms with Gasteiger partial charge in [0.05, 0.1) is 18.8 Å². The van der Waals surface area contributed by atoms with Crippen LogP contribution in [0.5, 0.6) is 0 Å². The fourth-order valence-corrected chi connectivity index (χ4v) is 3.54. The van der Waals surface area contributed by atoms with Crippen LogP contribution in [0.3, 0.4) is 0 Å². The molecule has 26 heavy (non-hydrogen) atoms. The molecule has 0 radical (unpaired) electrons. The monoisotopic (exact) mass is 405 g/mol. The Kier molecular flexibility index (Phi) is 7.13. The van der Waals surface area contributed by atoms with Crippen molar-refractivity contribution >= 4 is 7.82 Å². The average Bonchev–Trinajstić information content (AvgIpc) is 2.55. The zero-order chi connectivity index (χ0) is 19.8. The fourth-order valence-electron chi connectivity index (χ4n) is 2.98. The molecule has 0 unspecified atom stereocenters. The van der Waals surface area contributed by atoms with Crippen molar-refractivity contribution in [2.24, 2.45) is 5.73 Å². The highest BCUT2D eigenvalue weighted by atomic mass is 31.2. The Morgan fingerprint density at radius 2 is 1.65 bits per heavy atom. The summed E-state index contributed by atoms with van der Waals surface area (Å²) in [5.41, 5.74) is 5.70. The third-order valence-electron chi connectivity index (χ3n) is 4.41. The van der Waals surface area contributed by atoms with Crippen molar-refractivity contribution in [2.75, 3.05) is 6.61 Å². The zero-order valence-corrected chi connectivity index (χ0v) is 14.3. The van der Waals surface area contributed by atoms with Crippen molar-refractivity contribution in [3.8, 4) is 0 Å². The quantitative estimate of drug-likeness (QED) is 0.195. The lowest BCUT2D eigenvalue weighted by Crippen LogP contribution is -2.65. The molecule has 0 amide bonds. The highest BCUT2D eigenvalue weighted by Gasteiger charge is 2.50. The smallest absolute Gasteiger partial charge is 0.394 e. The first-order valence-corrected chi connectivity index (χ1v) is 9.31. The van der Waals surface area contributed by atoms with Crippen molar-refractivity contribution in [2.45, 2.75) is 67.6 Å². The van der Waals surface area contributed by atoms with Crippen LogP contribution in [-0.4, -0.2) is 108 Å². The number of ether oxygens (including phenoxy) is 2. The summed E-state index contributed by atoms with van der Waals surface area (Å²) in [7, 11) is -5.04. The van der Waals surface area contributed by atoms with Crippen LogP contribution in [0.25, 0.3) is 0 Å². The molecular formula is C12H24NO12P. The molecule has 0 aromatic heterocycles. The van der Waals surface area contributed by atoms with Gasteiger partial charge in [0.1, 0.15) is 42.7 Å². The Balaban J connectivity index is 2.20. The maximum atomic E-state index is 11.1. The highest BCUT2D eigenvalue weighted by molar-refractivity contribution is 7.46. The third kappa shape index (κ3) is 4.77. The predicted molar refractivity (Wildman–Crippen MR) is 80.2 cm³/mol. The van der Waals surface area contributed by atoms with E-state index in [1.807, 2.05) is 0 Å². The molecule has 0 bridgehead atoms. The number of hydrogen-bond donors (Lipinski definition) is 9. The molecule has 0 aromatic rings. The first kappa shape index (κ1) is 22.0. The summed E-state index contributed by atoms with van der Waals surface area (Å²) < 4.78 is 26.2. The summed E-state index contributed by atoms with van der Waals surface area (Å²) in [6.45, 7) is -0.693. The molecule has 13 nitrogen and oxygen atoms in total. The largest absolute Gasteiger partial charge is 0.469 e. The van der Waals surface area contributed by atoms with Crippen molar-refractivity contribution in [3.05, 3.63) is 0 Å². The molecule has 2 fully saturated rings. The summed E-state index contributed by atoms with van der Waals surface area (Å²) >= 11 is 0. The molecule has 2 aliphatic rings. The molecule has 1 saturated heterocycles. The van der Waals surface area contributed by atoms with E-state index in [2.05, 4.69) is 4.52 Å². The summed E-state index contributed by atoms with van der Waals surface area (Å²) in [5.74, 6) is 0. The molecule has 1 heterocycles. The van der Waals surface area contributed by atoms with E-state index in [0.717, 1.165) is 0 Å². The second kappa shape index (κ2) is 8.41. The van der Waals surface area contributed by atoms with Gasteiger partial charge >= 0.3 is 7.82 Å². The van der Waals surface area contributed by atoms with Gasteiger partial charge in [-0.3, -0.25) is 4.52 Å². The van der Waals surface area contributed by atoms with Gasteiger partial charge in [-0.15, -0.1) is 0 Å². The number of hydrogen-bond acceptors (Lipinski definition) is 11. The van der Waals surface area contributed by atoms with Crippen molar-refractivity contribution < 1.29 is 59.0 Å². The van der Waals surface area contributed by atoms with Gasteiger partial charge in [0.2, 0.25) is 0 Å². The first-order chi connectivity index (χ1) is 12.0. The summed E-state index contributed by atoms with van der Waals surface area (Å²) in [6, 6.07) is -1.35. The van der Waals surface area contributed by atoms with Crippen molar-refractivity contribution in [1.29, 1.82) is 0 Å². The Labute approximate surface area is 147 Å².